The van der Waals surface area contributed by atoms with E-state index in [1.54, 1.807) is 6.07 Å². The Morgan fingerprint density at radius 3 is 3.11 bits per heavy atom. The molecule has 1 aromatic heterocycles. The molecule has 0 fully saturated rings. The number of benzene rings is 1. The molecule has 0 bridgehead atoms. The third kappa shape index (κ3) is 2.23. The van der Waals surface area contributed by atoms with Crippen LogP contribution in [0.3, 0.4) is 0 Å². The summed E-state index contributed by atoms with van der Waals surface area (Å²) in [5, 5.41) is 12.2. The number of nitriles is 1. The molecule has 1 N–H and O–H groups in total. The van der Waals surface area contributed by atoms with E-state index in [0.717, 1.165) is 11.3 Å². The second-order valence-electron chi connectivity index (χ2n) is 4.57. The van der Waals surface area contributed by atoms with E-state index in [4.69, 9.17) is 10.00 Å². The van der Waals surface area contributed by atoms with Crippen LogP contribution in [-0.4, -0.2) is 11.6 Å². The standard InChI is InChI=1S/C15H13N3O/c1-10-5-6-14-12(7-10)13(9-19-14)18-15-4-2-3-11(8-16)17-15/h2-7,13H,9H2,1H3,(H,17,18). The highest BCUT2D eigenvalue weighted by atomic mass is 16.5. The van der Waals surface area contributed by atoms with Crippen LogP contribution in [0.15, 0.2) is 36.4 Å². The number of fused-ring (bicyclic) bond motifs is 1. The average Bonchev–Trinajstić information content (AvgIpc) is 2.81. The Hall–Kier alpha value is -2.54. The third-order valence-corrected chi connectivity index (χ3v) is 3.13. The molecular weight excluding hydrogens is 238 g/mol. The van der Waals surface area contributed by atoms with Gasteiger partial charge in [-0.05, 0) is 25.1 Å². The molecule has 94 valence electrons. The third-order valence-electron chi connectivity index (χ3n) is 3.13. The van der Waals surface area contributed by atoms with Gasteiger partial charge < -0.3 is 10.1 Å². The van der Waals surface area contributed by atoms with Gasteiger partial charge in [0.25, 0.3) is 0 Å². The number of nitrogens with one attached hydrogen (secondary N) is 1. The Labute approximate surface area is 111 Å². The molecule has 4 heteroatoms. The zero-order valence-electron chi connectivity index (χ0n) is 10.6. The van der Waals surface area contributed by atoms with Crippen molar-refractivity contribution in [3.8, 4) is 11.8 Å². The first-order chi connectivity index (χ1) is 9.26. The van der Waals surface area contributed by atoms with Gasteiger partial charge in [-0.1, -0.05) is 23.8 Å². The van der Waals surface area contributed by atoms with Gasteiger partial charge in [-0.15, -0.1) is 0 Å². The lowest BCUT2D eigenvalue weighted by Gasteiger charge is -2.12. The van der Waals surface area contributed by atoms with E-state index in [2.05, 4.69) is 23.3 Å². The number of aryl methyl sites for hydroxylation is 1. The van der Waals surface area contributed by atoms with Crippen LogP contribution >= 0.6 is 0 Å². The summed E-state index contributed by atoms with van der Waals surface area (Å²) in [6, 6.07) is 13.6. The van der Waals surface area contributed by atoms with Gasteiger partial charge in [0, 0.05) is 5.56 Å². The predicted molar refractivity (Wildman–Crippen MR) is 72.0 cm³/mol. The van der Waals surface area contributed by atoms with Crippen LogP contribution in [0.2, 0.25) is 0 Å². The zero-order chi connectivity index (χ0) is 13.2. The predicted octanol–water partition coefficient (Wildman–Crippen LogP) is 2.81. The fourth-order valence-electron chi connectivity index (χ4n) is 2.21. The largest absolute Gasteiger partial charge is 0.491 e. The summed E-state index contributed by atoms with van der Waals surface area (Å²) in [4.78, 5) is 4.22. The van der Waals surface area contributed by atoms with Crippen molar-refractivity contribution in [2.75, 3.05) is 11.9 Å². The van der Waals surface area contributed by atoms with Crippen molar-refractivity contribution in [2.24, 2.45) is 0 Å². The molecule has 2 aromatic rings. The Balaban J connectivity index is 1.86. The fraction of sp³-hybridized carbons (Fsp3) is 0.200. The highest BCUT2D eigenvalue weighted by molar-refractivity contribution is 5.48. The van der Waals surface area contributed by atoms with Gasteiger partial charge in [0.15, 0.2) is 0 Å². The monoisotopic (exact) mass is 251 g/mol. The summed E-state index contributed by atoms with van der Waals surface area (Å²) >= 11 is 0. The summed E-state index contributed by atoms with van der Waals surface area (Å²) in [5.41, 5.74) is 2.76. The van der Waals surface area contributed by atoms with Gasteiger partial charge in [0.05, 0.1) is 6.04 Å². The van der Waals surface area contributed by atoms with Crippen molar-refractivity contribution in [3.63, 3.8) is 0 Å². The van der Waals surface area contributed by atoms with Crippen molar-refractivity contribution in [1.82, 2.24) is 4.98 Å². The van der Waals surface area contributed by atoms with E-state index < -0.39 is 0 Å². The second-order valence-corrected chi connectivity index (χ2v) is 4.57. The highest BCUT2D eigenvalue weighted by Gasteiger charge is 2.24. The molecule has 0 amide bonds. The molecule has 0 saturated heterocycles. The first-order valence-electron chi connectivity index (χ1n) is 6.13. The topological polar surface area (TPSA) is 57.9 Å². The molecule has 1 atom stereocenters. The SMILES string of the molecule is Cc1ccc2c(c1)C(Nc1cccc(C#N)n1)CO2. The van der Waals surface area contributed by atoms with E-state index in [0.29, 0.717) is 18.1 Å². The normalized spacial score (nSPS) is 16.3. The minimum atomic E-state index is 0.0799. The number of aromatic nitrogens is 1. The molecule has 0 radical (unpaired) electrons. The number of anilines is 1. The first kappa shape index (κ1) is 11.5. The van der Waals surface area contributed by atoms with E-state index in [-0.39, 0.29) is 6.04 Å². The van der Waals surface area contributed by atoms with Crippen molar-refractivity contribution in [1.29, 1.82) is 5.26 Å². The van der Waals surface area contributed by atoms with Gasteiger partial charge in [-0.3, -0.25) is 0 Å². The summed E-state index contributed by atoms with van der Waals surface area (Å²) in [6.45, 7) is 2.64. The molecule has 0 spiro atoms. The quantitative estimate of drug-likeness (QED) is 0.891. The summed E-state index contributed by atoms with van der Waals surface area (Å²) in [6.07, 6.45) is 0. The second kappa shape index (κ2) is 4.62. The van der Waals surface area contributed by atoms with E-state index in [1.165, 1.54) is 5.56 Å². The minimum Gasteiger partial charge on any atom is -0.491 e. The van der Waals surface area contributed by atoms with Gasteiger partial charge in [-0.25, -0.2) is 4.98 Å². The number of pyridine rings is 1. The Bertz CT molecular complexity index is 661. The average molecular weight is 251 g/mol. The van der Waals surface area contributed by atoms with Crippen molar-refractivity contribution < 1.29 is 4.74 Å². The minimum absolute atomic E-state index is 0.0799. The molecular formula is C15H13N3O. The van der Waals surface area contributed by atoms with Crippen LogP contribution in [0.4, 0.5) is 5.82 Å². The lowest BCUT2D eigenvalue weighted by Crippen LogP contribution is -2.13. The van der Waals surface area contributed by atoms with Gasteiger partial charge in [0.2, 0.25) is 0 Å². The van der Waals surface area contributed by atoms with Crippen LogP contribution in [0.5, 0.6) is 5.75 Å². The lowest BCUT2D eigenvalue weighted by atomic mass is 10.1. The van der Waals surface area contributed by atoms with Crippen LogP contribution in [-0.2, 0) is 0 Å². The highest BCUT2D eigenvalue weighted by Crippen LogP contribution is 2.34. The maximum absolute atomic E-state index is 8.85. The van der Waals surface area contributed by atoms with Crippen LogP contribution in [0.25, 0.3) is 0 Å². The Kier molecular flexibility index (Phi) is 2.81. The van der Waals surface area contributed by atoms with Crippen molar-refractivity contribution >= 4 is 5.82 Å². The van der Waals surface area contributed by atoms with Gasteiger partial charge in [-0.2, -0.15) is 5.26 Å². The molecule has 4 nitrogen and oxygen atoms in total. The maximum Gasteiger partial charge on any atom is 0.142 e. The lowest BCUT2D eigenvalue weighted by molar-refractivity contribution is 0.339. The van der Waals surface area contributed by atoms with Crippen LogP contribution < -0.4 is 10.1 Å². The molecule has 19 heavy (non-hydrogen) atoms. The van der Waals surface area contributed by atoms with Crippen LogP contribution in [0.1, 0.15) is 22.9 Å². The molecule has 0 saturated carbocycles. The van der Waals surface area contributed by atoms with E-state index in [1.807, 2.05) is 30.3 Å². The molecule has 0 aliphatic carbocycles. The fourth-order valence-corrected chi connectivity index (χ4v) is 2.21. The van der Waals surface area contributed by atoms with Gasteiger partial charge in [0.1, 0.15) is 29.9 Å². The number of rotatable bonds is 2. The van der Waals surface area contributed by atoms with E-state index >= 15 is 0 Å². The van der Waals surface area contributed by atoms with Gasteiger partial charge >= 0.3 is 0 Å². The smallest absolute Gasteiger partial charge is 0.142 e. The molecule has 1 aliphatic rings. The maximum atomic E-state index is 8.85. The number of ether oxygens (including phenoxy) is 1. The van der Waals surface area contributed by atoms with Crippen molar-refractivity contribution in [2.45, 2.75) is 13.0 Å². The molecule has 3 rings (SSSR count). The Morgan fingerprint density at radius 1 is 1.37 bits per heavy atom. The summed E-state index contributed by atoms with van der Waals surface area (Å²) in [5.74, 6) is 1.61. The number of nitrogens with zero attached hydrogens (tertiary/aromatic N) is 2. The number of hydrogen-bond donors (Lipinski definition) is 1. The van der Waals surface area contributed by atoms with E-state index in [9.17, 15) is 0 Å². The first-order valence-corrected chi connectivity index (χ1v) is 6.13. The molecule has 1 unspecified atom stereocenters. The van der Waals surface area contributed by atoms with Crippen molar-refractivity contribution in [3.05, 3.63) is 53.2 Å². The molecule has 1 aromatic carbocycles. The number of hydrogen-bond acceptors (Lipinski definition) is 4. The summed E-state index contributed by atoms with van der Waals surface area (Å²) in [7, 11) is 0. The zero-order valence-corrected chi connectivity index (χ0v) is 10.6. The molecule has 2 heterocycles. The summed E-state index contributed by atoms with van der Waals surface area (Å²) < 4.78 is 5.64. The Morgan fingerprint density at radius 2 is 2.26 bits per heavy atom. The molecule has 1 aliphatic heterocycles. The van der Waals surface area contributed by atoms with Crippen LogP contribution in [0, 0.1) is 18.3 Å².